The van der Waals surface area contributed by atoms with E-state index in [2.05, 4.69) is 27.8 Å². The molecule has 1 saturated heterocycles. The fraction of sp³-hybridized carbons (Fsp3) is 0.526. The van der Waals surface area contributed by atoms with Gasteiger partial charge in [0.2, 0.25) is 0 Å². The molecule has 0 saturated carbocycles. The van der Waals surface area contributed by atoms with Crippen molar-refractivity contribution in [3.63, 3.8) is 0 Å². The molecule has 1 fully saturated rings. The predicted molar refractivity (Wildman–Crippen MR) is 97.6 cm³/mol. The zero-order valence-electron chi connectivity index (χ0n) is 15.1. The number of rotatable bonds is 6. The van der Waals surface area contributed by atoms with Crippen LogP contribution in [0.1, 0.15) is 47.6 Å². The van der Waals surface area contributed by atoms with Gasteiger partial charge in [-0.05, 0) is 51.8 Å². The standard InChI is InChI=1S/C19H27N5O/c1-3-23(14-11-16-7-5-4-6-8-16)19(25)18-15(2)24(22-21-18)17-9-12-20-13-10-17/h4-8,17,20H,3,9-14H2,1-2H3. The SMILES string of the molecule is CCN(CCc1ccccc1)C(=O)c1nnn(C2CCNCC2)c1C. The third-order valence-corrected chi connectivity index (χ3v) is 4.97. The van der Waals surface area contributed by atoms with E-state index in [4.69, 9.17) is 0 Å². The maximum Gasteiger partial charge on any atom is 0.276 e. The molecule has 6 heteroatoms. The maximum absolute atomic E-state index is 12.9. The molecule has 25 heavy (non-hydrogen) atoms. The number of aromatic nitrogens is 3. The van der Waals surface area contributed by atoms with Crippen molar-refractivity contribution in [2.24, 2.45) is 0 Å². The largest absolute Gasteiger partial charge is 0.337 e. The minimum Gasteiger partial charge on any atom is -0.337 e. The Morgan fingerprint density at radius 2 is 2.00 bits per heavy atom. The molecular weight excluding hydrogens is 314 g/mol. The van der Waals surface area contributed by atoms with Crippen LogP contribution in [-0.4, -0.2) is 52.0 Å². The van der Waals surface area contributed by atoms with Crippen LogP contribution in [0.2, 0.25) is 0 Å². The van der Waals surface area contributed by atoms with Crippen LogP contribution in [0.3, 0.4) is 0 Å². The van der Waals surface area contributed by atoms with Gasteiger partial charge in [-0.25, -0.2) is 4.68 Å². The lowest BCUT2D eigenvalue weighted by atomic mass is 10.1. The van der Waals surface area contributed by atoms with Crippen LogP contribution in [0, 0.1) is 6.92 Å². The predicted octanol–water partition coefficient (Wildman–Crippen LogP) is 2.22. The Hall–Kier alpha value is -2.21. The summed E-state index contributed by atoms with van der Waals surface area (Å²) in [6.45, 7) is 7.32. The molecule has 1 amide bonds. The Morgan fingerprint density at radius 3 is 2.68 bits per heavy atom. The fourth-order valence-corrected chi connectivity index (χ4v) is 3.40. The lowest BCUT2D eigenvalue weighted by Crippen LogP contribution is -2.34. The molecule has 1 aromatic carbocycles. The van der Waals surface area contributed by atoms with Crippen molar-refractivity contribution in [1.29, 1.82) is 0 Å². The fourth-order valence-electron chi connectivity index (χ4n) is 3.40. The first-order valence-electron chi connectivity index (χ1n) is 9.16. The number of amides is 1. The summed E-state index contributed by atoms with van der Waals surface area (Å²) in [7, 11) is 0. The van der Waals surface area contributed by atoms with Gasteiger partial charge >= 0.3 is 0 Å². The van der Waals surface area contributed by atoms with Gasteiger partial charge in [0, 0.05) is 13.1 Å². The van der Waals surface area contributed by atoms with E-state index in [1.807, 2.05) is 41.6 Å². The molecule has 2 aromatic rings. The molecule has 1 aliphatic rings. The topological polar surface area (TPSA) is 63.1 Å². The number of nitrogens with one attached hydrogen (secondary N) is 1. The van der Waals surface area contributed by atoms with Crippen LogP contribution < -0.4 is 5.32 Å². The summed E-state index contributed by atoms with van der Waals surface area (Å²) in [4.78, 5) is 14.8. The first-order chi connectivity index (χ1) is 12.2. The van der Waals surface area contributed by atoms with Gasteiger partial charge in [0.15, 0.2) is 5.69 Å². The lowest BCUT2D eigenvalue weighted by molar-refractivity contribution is 0.0759. The molecular formula is C19H27N5O. The van der Waals surface area contributed by atoms with E-state index in [0.717, 1.165) is 38.0 Å². The van der Waals surface area contributed by atoms with Gasteiger partial charge < -0.3 is 10.2 Å². The average Bonchev–Trinajstić information content (AvgIpc) is 3.05. The number of nitrogens with zero attached hydrogens (tertiary/aromatic N) is 4. The molecule has 3 rings (SSSR count). The number of hydrogen-bond donors (Lipinski definition) is 1. The normalized spacial score (nSPS) is 15.3. The Morgan fingerprint density at radius 1 is 1.28 bits per heavy atom. The molecule has 0 aliphatic carbocycles. The first kappa shape index (κ1) is 17.6. The molecule has 1 aromatic heterocycles. The third kappa shape index (κ3) is 4.07. The number of piperidine rings is 1. The van der Waals surface area contributed by atoms with Crippen LogP contribution in [0.5, 0.6) is 0 Å². The second-order valence-electron chi connectivity index (χ2n) is 6.57. The smallest absolute Gasteiger partial charge is 0.276 e. The van der Waals surface area contributed by atoms with Gasteiger partial charge in [0.1, 0.15) is 0 Å². The van der Waals surface area contributed by atoms with E-state index >= 15 is 0 Å². The zero-order chi connectivity index (χ0) is 17.6. The second-order valence-corrected chi connectivity index (χ2v) is 6.57. The van der Waals surface area contributed by atoms with E-state index in [0.29, 0.717) is 24.8 Å². The lowest BCUT2D eigenvalue weighted by Gasteiger charge is -2.24. The summed E-state index contributed by atoms with van der Waals surface area (Å²) in [5, 5.41) is 11.9. The van der Waals surface area contributed by atoms with Crippen molar-refractivity contribution in [3.05, 3.63) is 47.3 Å². The van der Waals surface area contributed by atoms with Crippen molar-refractivity contribution in [2.45, 2.75) is 39.2 Å². The number of hydrogen-bond acceptors (Lipinski definition) is 4. The Labute approximate surface area is 149 Å². The summed E-state index contributed by atoms with van der Waals surface area (Å²) >= 11 is 0. The Bertz CT molecular complexity index is 691. The van der Waals surface area contributed by atoms with Gasteiger partial charge in [0.25, 0.3) is 5.91 Å². The zero-order valence-corrected chi connectivity index (χ0v) is 15.1. The molecule has 0 radical (unpaired) electrons. The average molecular weight is 341 g/mol. The van der Waals surface area contributed by atoms with Crippen molar-refractivity contribution in [2.75, 3.05) is 26.2 Å². The molecule has 0 bridgehead atoms. The highest BCUT2D eigenvalue weighted by atomic mass is 16.2. The van der Waals surface area contributed by atoms with E-state index in [1.54, 1.807) is 0 Å². The van der Waals surface area contributed by atoms with Crippen LogP contribution in [-0.2, 0) is 6.42 Å². The molecule has 1 N–H and O–H groups in total. The Kier molecular flexibility index (Phi) is 5.81. The van der Waals surface area contributed by atoms with Gasteiger partial charge in [-0.15, -0.1) is 5.10 Å². The van der Waals surface area contributed by atoms with E-state index < -0.39 is 0 Å². The summed E-state index contributed by atoms with van der Waals surface area (Å²) in [6, 6.07) is 10.6. The number of benzene rings is 1. The highest BCUT2D eigenvalue weighted by Gasteiger charge is 2.25. The minimum atomic E-state index is -0.0175. The van der Waals surface area contributed by atoms with Gasteiger partial charge in [-0.2, -0.15) is 0 Å². The summed E-state index contributed by atoms with van der Waals surface area (Å²) in [5.41, 5.74) is 2.62. The molecule has 6 nitrogen and oxygen atoms in total. The van der Waals surface area contributed by atoms with E-state index in [1.165, 1.54) is 5.56 Å². The first-order valence-corrected chi connectivity index (χ1v) is 9.16. The number of likely N-dealkylation sites (N-methyl/N-ethyl adjacent to an activating group) is 1. The van der Waals surface area contributed by atoms with Crippen LogP contribution in [0.25, 0.3) is 0 Å². The molecule has 0 spiro atoms. The van der Waals surface area contributed by atoms with Crippen LogP contribution in [0.4, 0.5) is 0 Å². The van der Waals surface area contributed by atoms with E-state index in [-0.39, 0.29) is 5.91 Å². The third-order valence-electron chi connectivity index (χ3n) is 4.97. The summed E-state index contributed by atoms with van der Waals surface area (Å²) < 4.78 is 1.94. The quantitative estimate of drug-likeness (QED) is 0.875. The van der Waals surface area contributed by atoms with Gasteiger partial charge in [-0.3, -0.25) is 4.79 Å². The maximum atomic E-state index is 12.9. The van der Waals surface area contributed by atoms with Crippen LogP contribution >= 0.6 is 0 Å². The van der Waals surface area contributed by atoms with Crippen molar-refractivity contribution >= 4 is 5.91 Å². The number of carbonyl (C=O) groups excluding carboxylic acids is 1. The van der Waals surface area contributed by atoms with Gasteiger partial charge in [0.05, 0.1) is 11.7 Å². The van der Waals surface area contributed by atoms with E-state index in [9.17, 15) is 4.79 Å². The summed E-state index contributed by atoms with van der Waals surface area (Å²) in [6.07, 6.45) is 2.91. The molecule has 2 heterocycles. The van der Waals surface area contributed by atoms with Gasteiger partial charge in [-0.1, -0.05) is 35.5 Å². The molecule has 0 unspecified atom stereocenters. The second kappa shape index (κ2) is 8.25. The highest BCUT2D eigenvalue weighted by molar-refractivity contribution is 5.93. The number of carbonyl (C=O) groups is 1. The van der Waals surface area contributed by atoms with Crippen molar-refractivity contribution in [3.8, 4) is 0 Å². The highest BCUT2D eigenvalue weighted by Crippen LogP contribution is 2.21. The molecule has 134 valence electrons. The van der Waals surface area contributed by atoms with Crippen molar-refractivity contribution in [1.82, 2.24) is 25.2 Å². The molecule has 0 atom stereocenters. The van der Waals surface area contributed by atoms with Crippen LogP contribution in [0.15, 0.2) is 30.3 Å². The molecule has 1 aliphatic heterocycles. The summed E-state index contributed by atoms with van der Waals surface area (Å²) in [5.74, 6) is -0.0175. The minimum absolute atomic E-state index is 0.0175. The Balaban J connectivity index is 1.69. The monoisotopic (exact) mass is 341 g/mol. The van der Waals surface area contributed by atoms with Crippen molar-refractivity contribution < 1.29 is 4.79 Å².